The maximum atomic E-state index is 10.6. The highest BCUT2D eigenvalue weighted by molar-refractivity contribution is 6.42. The van der Waals surface area contributed by atoms with Gasteiger partial charge in [0, 0.05) is 6.42 Å². The zero-order valence-corrected chi connectivity index (χ0v) is 8.03. The van der Waals surface area contributed by atoms with Crippen molar-refractivity contribution in [2.24, 2.45) is 5.73 Å². The molecule has 0 aromatic heterocycles. The Morgan fingerprint density at radius 2 is 2.36 bits per heavy atom. The van der Waals surface area contributed by atoms with Crippen LogP contribution in [0.3, 0.4) is 0 Å². The number of hydrogen-bond donors (Lipinski definition) is 3. The highest BCUT2D eigenvalue weighted by Crippen LogP contribution is 2.24. The summed E-state index contributed by atoms with van der Waals surface area (Å²) < 4.78 is 0. The van der Waals surface area contributed by atoms with Gasteiger partial charge in [-0.05, 0) is 18.2 Å². The van der Waals surface area contributed by atoms with Crippen LogP contribution in [0.4, 0.5) is 0 Å². The molecule has 76 valence electrons. The molecule has 0 fully saturated rings. The first kappa shape index (κ1) is 10.8. The second-order valence-corrected chi connectivity index (χ2v) is 3.45. The molecule has 0 saturated carbocycles. The summed E-state index contributed by atoms with van der Waals surface area (Å²) in [5.41, 5.74) is 3.46. The minimum atomic E-state index is -1.44. The van der Waals surface area contributed by atoms with E-state index in [9.17, 15) is 9.90 Å². The topological polar surface area (TPSA) is 83.6 Å². The van der Waals surface area contributed by atoms with Gasteiger partial charge < -0.3 is 15.9 Å². The molecule has 5 heteroatoms. The summed E-state index contributed by atoms with van der Waals surface area (Å²) in [6, 6.07) is 0. The second kappa shape index (κ2) is 3.86. The van der Waals surface area contributed by atoms with E-state index in [0.29, 0.717) is 0 Å². The molecule has 0 radical (unpaired) electrons. The number of primary amides is 1. The van der Waals surface area contributed by atoms with E-state index < -0.39 is 11.5 Å². The first-order valence-corrected chi connectivity index (χ1v) is 4.29. The van der Waals surface area contributed by atoms with Gasteiger partial charge in [-0.25, -0.2) is 0 Å². The van der Waals surface area contributed by atoms with Crippen LogP contribution < -0.4 is 5.73 Å². The minimum Gasteiger partial charge on any atom is -0.512 e. The normalized spacial score (nSPS) is 27.3. The highest BCUT2D eigenvalue weighted by Gasteiger charge is 2.25. The van der Waals surface area contributed by atoms with Crippen LogP contribution in [-0.4, -0.2) is 21.7 Å². The van der Waals surface area contributed by atoms with Crippen LogP contribution in [0, 0.1) is 0 Å². The summed E-state index contributed by atoms with van der Waals surface area (Å²) in [6.45, 7) is 0. The summed E-state index contributed by atoms with van der Waals surface area (Å²) in [5.74, 6) is -0.803. The minimum absolute atomic E-state index is 0.0141. The van der Waals surface area contributed by atoms with Crippen molar-refractivity contribution >= 4 is 17.5 Å². The van der Waals surface area contributed by atoms with Crippen LogP contribution in [0.15, 0.2) is 35.1 Å². The summed E-state index contributed by atoms with van der Waals surface area (Å²) in [7, 11) is 0. The maximum absolute atomic E-state index is 10.6. The molecule has 1 aliphatic rings. The molecule has 4 N–H and O–H groups in total. The average Bonchev–Trinajstić information content (AvgIpc) is 2.02. The smallest absolute Gasteiger partial charge is 0.259 e. The lowest BCUT2D eigenvalue weighted by Crippen LogP contribution is -2.27. The molecule has 0 spiro atoms. The average molecular weight is 216 g/mol. The summed E-state index contributed by atoms with van der Waals surface area (Å²) in [5, 5.41) is 18.7. The summed E-state index contributed by atoms with van der Waals surface area (Å²) >= 11 is 5.48. The Hall–Kier alpha value is -1.26. The van der Waals surface area contributed by atoms with Gasteiger partial charge in [0.15, 0.2) is 0 Å². The van der Waals surface area contributed by atoms with Gasteiger partial charge in [-0.1, -0.05) is 17.7 Å². The number of aliphatic hydroxyl groups is 2. The molecular weight excluding hydrogens is 206 g/mol. The molecule has 0 bridgehead atoms. The Morgan fingerprint density at radius 1 is 1.71 bits per heavy atom. The van der Waals surface area contributed by atoms with Crippen LogP contribution in [0.5, 0.6) is 0 Å². The molecule has 0 aliphatic heterocycles. The number of rotatable bonds is 2. The Labute approximate surface area is 86.0 Å². The second-order valence-electron chi connectivity index (χ2n) is 3.04. The number of carbonyl (C=O) groups is 1. The van der Waals surface area contributed by atoms with Gasteiger partial charge in [-0.3, -0.25) is 4.79 Å². The van der Waals surface area contributed by atoms with Crippen LogP contribution in [0.2, 0.25) is 0 Å². The third-order valence-corrected chi connectivity index (χ3v) is 2.05. The Bertz CT molecular complexity index is 346. The summed E-state index contributed by atoms with van der Waals surface area (Å²) in [6.07, 6.45) is 5.42. The Kier molecular flexibility index (Phi) is 2.98. The molecule has 14 heavy (non-hydrogen) atoms. The van der Waals surface area contributed by atoms with Crippen molar-refractivity contribution in [2.75, 3.05) is 0 Å². The lowest BCUT2D eigenvalue weighted by atomic mass is 9.93. The third kappa shape index (κ3) is 2.61. The number of allylic oxidation sites excluding steroid dienone is 2. The van der Waals surface area contributed by atoms with E-state index in [0.717, 1.165) is 6.08 Å². The quantitative estimate of drug-likeness (QED) is 0.594. The number of carbonyl (C=O) groups excluding carboxylic acids is 1. The van der Waals surface area contributed by atoms with Crippen LogP contribution in [-0.2, 0) is 4.79 Å². The van der Waals surface area contributed by atoms with Crippen molar-refractivity contribution in [2.45, 2.75) is 12.0 Å². The lowest BCUT2D eigenvalue weighted by molar-refractivity contribution is -0.114. The van der Waals surface area contributed by atoms with Crippen LogP contribution >= 0.6 is 11.6 Å². The maximum Gasteiger partial charge on any atom is 0.259 e. The molecule has 1 rings (SSSR count). The van der Waals surface area contributed by atoms with Crippen molar-refractivity contribution in [1.29, 1.82) is 0 Å². The number of amides is 1. The monoisotopic (exact) mass is 215 g/mol. The van der Waals surface area contributed by atoms with E-state index in [4.69, 9.17) is 22.4 Å². The standard InChI is InChI=1S/C9H10ClNO3/c10-7(8(11)13)5-9(14)3-1-2-6(12)4-9/h1-3,5,12,14H,4H2,(H2,11,13). The lowest BCUT2D eigenvalue weighted by Gasteiger charge is -2.22. The summed E-state index contributed by atoms with van der Waals surface area (Å²) in [4.78, 5) is 10.6. The van der Waals surface area contributed by atoms with E-state index in [1.165, 1.54) is 18.2 Å². The van der Waals surface area contributed by atoms with Gasteiger partial charge in [0.2, 0.25) is 0 Å². The van der Waals surface area contributed by atoms with Crippen LogP contribution in [0.25, 0.3) is 0 Å². The predicted molar refractivity (Wildman–Crippen MR) is 52.5 cm³/mol. The fourth-order valence-corrected chi connectivity index (χ4v) is 1.31. The van der Waals surface area contributed by atoms with Gasteiger partial charge in [-0.15, -0.1) is 0 Å². The number of nitrogens with two attached hydrogens (primary N) is 1. The SMILES string of the molecule is NC(=O)C(Cl)=CC1(O)C=CC=C(O)C1. The molecule has 1 amide bonds. The fourth-order valence-electron chi connectivity index (χ4n) is 1.12. The van der Waals surface area contributed by atoms with Gasteiger partial charge in [-0.2, -0.15) is 0 Å². The number of hydrogen-bond acceptors (Lipinski definition) is 3. The van der Waals surface area contributed by atoms with E-state index in [1.807, 2.05) is 0 Å². The highest BCUT2D eigenvalue weighted by atomic mass is 35.5. The Morgan fingerprint density at radius 3 is 2.86 bits per heavy atom. The first-order chi connectivity index (χ1) is 6.43. The zero-order valence-electron chi connectivity index (χ0n) is 7.27. The van der Waals surface area contributed by atoms with Gasteiger partial charge >= 0.3 is 0 Å². The van der Waals surface area contributed by atoms with Crippen molar-refractivity contribution in [1.82, 2.24) is 0 Å². The van der Waals surface area contributed by atoms with Gasteiger partial charge in [0.05, 0.1) is 5.76 Å². The van der Waals surface area contributed by atoms with E-state index in [2.05, 4.69) is 0 Å². The predicted octanol–water partition coefficient (Wildman–Crippen LogP) is 0.727. The molecule has 1 aliphatic carbocycles. The number of aliphatic hydroxyl groups excluding tert-OH is 1. The molecule has 4 nitrogen and oxygen atoms in total. The zero-order chi connectivity index (χ0) is 10.8. The number of halogens is 1. The molecule has 1 atom stereocenters. The Balaban J connectivity index is 2.89. The third-order valence-electron chi connectivity index (χ3n) is 1.75. The molecule has 0 heterocycles. The van der Waals surface area contributed by atoms with Crippen molar-refractivity contribution in [3.8, 4) is 0 Å². The van der Waals surface area contributed by atoms with Gasteiger partial charge in [0.1, 0.15) is 10.6 Å². The van der Waals surface area contributed by atoms with E-state index in [-0.39, 0.29) is 17.2 Å². The van der Waals surface area contributed by atoms with Crippen molar-refractivity contribution < 1.29 is 15.0 Å². The molecule has 1 unspecified atom stereocenters. The molecule has 0 aromatic carbocycles. The van der Waals surface area contributed by atoms with E-state index in [1.54, 1.807) is 0 Å². The molecule has 0 aromatic rings. The largest absolute Gasteiger partial charge is 0.512 e. The van der Waals surface area contributed by atoms with Gasteiger partial charge in [0.25, 0.3) is 5.91 Å². The fraction of sp³-hybridized carbons (Fsp3) is 0.222. The molecule has 0 saturated heterocycles. The van der Waals surface area contributed by atoms with Crippen LogP contribution in [0.1, 0.15) is 6.42 Å². The van der Waals surface area contributed by atoms with Crippen molar-refractivity contribution in [3.63, 3.8) is 0 Å². The first-order valence-electron chi connectivity index (χ1n) is 3.91. The van der Waals surface area contributed by atoms with E-state index >= 15 is 0 Å². The van der Waals surface area contributed by atoms with Crippen molar-refractivity contribution in [3.05, 3.63) is 35.1 Å². The molecular formula is C9H10ClNO3.